The van der Waals surface area contributed by atoms with Crippen LogP contribution in [0.25, 0.3) is 0 Å². The number of hydrogen-bond donors (Lipinski definition) is 3. The van der Waals surface area contributed by atoms with Gasteiger partial charge in [0.1, 0.15) is 5.75 Å². The van der Waals surface area contributed by atoms with E-state index in [-0.39, 0.29) is 29.4 Å². The topological polar surface area (TPSA) is 98.7 Å². The number of nitrogens with zero attached hydrogens (tertiary/aromatic N) is 1. The zero-order valence-corrected chi connectivity index (χ0v) is 17.5. The van der Waals surface area contributed by atoms with Crippen LogP contribution >= 0.6 is 0 Å². The Kier molecular flexibility index (Phi) is 8.04. The minimum atomic E-state index is -0.262. The molecule has 164 valence electrons. The Morgan fingerprint density at radius 3 is 2.55 bits per heavy atom. The molecule has 0 radical (unpaired) electrons. The SMILES string of the molecule is O=C(NCCCNC(=O)C1CCCN(C(=O)Cc2ccccc2)C1)c1cccc(O)c1. The highest BCUT2D eigenvalue weighted by atomic mass is 16.3. The average molecular weight is 424 g/mol. The van der Waals surface area contributed by atoms with Crippen molar-refractivity contribution in [3.05, 3.63) is 65.7 Å². The third-order valence-corrected chi connectivity index (χ3v) is 5.39. The number of phenolic OH excluding ortho intramolecular Hbond substituents is 1. The van der Waals surface area contributed by atoms with Gasteiger partial charge in [0.15, 0.2) is 0 Å². The molecule has 1 heterocycles. The van der Waals surface area contributed by atoms with Gasteiger partial charge in [-0.05, 0) is 43.0 Å². The van der Waals surface area contributed by atoms with Gasteiger partial charge in [-0.25, -0.2) is 0 Å². The summed E-state index contributed by atoms with van der Waals surface area (Å²) in [6.45, 7) is 2.01. The van der Waals surface area contributed by atoms with Crippen molar-refractivity contribution in [2.24, 2.45) is 5.92 Å². The molecule has 1 atom stereocenters. The lowest BCUT2D eigenvalue weighted by Gasteiger charge is -2.32. The number of benzene rings is 2. The quantitative estimate of drug-likeness (QED) is 0.567. The van der Waals surface area contributed by atoms with E-state index in [9.17, 15) is 19.5 Å². The second-order valence-corrected chi connectivity index (χ2v) is 7.79. The second-order valence-electron chi connectivity index (χ2n) is 7.79. The Hall–Kier alpha value is -3.35. The molecule has 31 heavy (non-hydrogen) atoms. The van der Waals surface area contributed by atoms with Gasteiger partial charge < -0.3 is 20.6 Å². The number of rotatable bonds is 8. The van der Waals surface area contributed by atoms with Gasteiger partial charge in [-0.15, -0.1) is 0 Å². The average Bonchev–Trinajstić information content (AvgIpc) is 2.79. The van der Waals surface area contributed by atoms with Crippen LogP contribution in [0.3, 0.4) is 0 Å². The summed E-state index contributed by atoms with van der Waals surface area (Å²) in [4.78, 5) is 38.9. The van der Waals surface area contributed by atoms with Gasteiger partial charge in [0.05, 0.1) is 12.3 Å². The van der Waals surface area contributed by atoms with Gasteiger partial charge in [-0.1, -0.05) is 36.4 Å². The fraction of sp³-hybridized carbons (Fsp3) is 0.375. The van der Waals surface area contributed by atoms with Gasteiger partial charge in [0, 0.05) is 31.7 Å². The summed E-state index contributed by atoms with van der Waals surface area (Å²) in [6.07, 6.45) is 2.54. The third kappa shape index (κ3) is 6.84. The Balaban J connectivity index is 1.36. The molecule has 2 aromatic carbocycles. The number of likely N-dealkylation sites (tertiary alicyclic amines) is 1. The molecular weight excluding hydrogens is 394 g/mol. The van der Waals surface area contributed by atoms with Crippen molar-refractivity contribution >= 4 is 17.7 Å². The van der Waals surface area contributed by atoms with Crippen molar-refractivity contribution in [3.8, 4) is 5.75 Å². The van der Waals surface area contributed by atoms with Crippen LogP contribution in [-0.2, 0) is 16.0 Å². The smallest absolute Gasteiger partial charge is 0.251 e. The van der Waals surface area contributed by atoms with Crippen LogP contribution in [0.15, 0.2) is 54.6 Å². The number of carbonyl (C=O) groups is 3. The number of amides is 3. The number of aromatic hydroxyl groups is 1. The largest absolute Gasteiger partial charge is 0.508 e. The van der Waals surface area contributed by atoms with E-state index < -0.39 is 0 Å². The van der Waals surface area contributed by atoms with Crippen LogP contribution < -0.4 is 10.6 Å². The van der Waals surface area contributed by atoms with Crippen molar-refractivity contribution in [2.45, 2.75) is 25.7 Å². The van der Waals surface area contributed by atoms with Gasteiger partial charge >= 0.3 is 0 Å². The molecule has 1 fully saturated rings. The fourth-order valence-electron chi connectivity index (χ4n) is 3.70. The number of carbonyl (C=O) groups excluding carboxylic acids is 3. The van der Waals surface area contributed by atoms with Gasteiger partial charge in [-0.2, -0.15) is 0 Å². The first-order chi connectivity index (χ1) is 15.0. The van der Waals surface area contributed by atoms with Crippen LogP contribution in [0.5, 0.6) is 5.75 Å². The standard InChI is InChI=1S/C24H29N3O4/c28-21-11-4-9-19(16-21)23(30)25-12-6-13-26-24(31)20-10-5-14-27(17-20)22(29)15-18-7-2-1-3-8-18/h1-4,7-9,11,16,20,28H,5-6,10,12-15,17H2,(H,25,30)(H,26,31). The van der Waals surface area contributed by atoms with Crippen LogP contribution in [-0.4, -0.2) is 53.9 Å². The lowest BCUT2D eigenvalue weighted by atomic mass is 9.96. The molecule has 3 rings (SSSR count). The number of piperidine rings is 1. The predicted molar refractivity (Wildman–Crippen MR) is 118 cm³/mol. The highest BCUT2D eigenvalue weighted by Crippen LogP contribution is 2.18. The number of nitrogens with one attached hydrogen (secondary N) is 2. The Labute approximate surface area is 182 Å². The van der Waals surface area contributed by atoms with Crippen molar-refractivity contribution in [3.63, 3.8) is 0 Å². The summed E-state index contributed by atoms with van der Waals surface area (Å²) < 4.78 is 0. The summed E-state index contributed by atoms with van der Waals surface area (Å²) in [7, 11) is 0. The molecule has 7 heteroatoms. The highest BCUT2D eigenvalue weighted by Gasteiger charge is 2.28. The zero-order valence-electron chi connectivity index (χ0n) is 17.5. The van der Waals surface area contributed by atoms with E-state index >= 15 is 0 Å². The molecule has 0 spiro atoms. The van der Waals surface area contributed by atoms with E-state index in [1.165, 1.54) is 12.1 Å². The van der Waals surface area contributed by atoms with Crippen molar-refractivity contribution < 1.29 is 19.5 Å². The van der Waals surface area contributed by atoms with E-state index in [1.807, 2.05) is 30.3 Å². The first-order valence-corrected chi connectivity index (χ1v) is 10.7. The molecule has 3 amide bonds. The van der Waals surface area contributed by atoms with Crippen molar-refractivity contribution in [1.29, 1.82) is 0 Å². The molecule has 7 nitrogen and oxygen atoms in total. The molecule has 1 saturated heterocycles. The first kappa shape index (κ1) is 22.3. The van der Waals surface area contributed by atoms with Gasteiger partial charge in [-0.3, -0.25) is 14.4 Å². The highest BCUT2D eigenvalue weighted by molar-refractivity contribution is 5.94. The Bertz CT molecular complexity index is 901. The third-order valence-electron chi connectivity index (χ3n) is 5.39. The molecule has 1 unspecified atom stereocenters. The number of phenols is 1. The molecule has 2 aromatic rings. The summed E-state index contributed by atoms with van der Waals surface area (Å²) in [5.74, 6) is -0.406. The predicted octanol–water partition coefficient (Wildman–Crippen LogP) is 2.11. The molecular formula is C24H29N3O4. The lowest BCUT2D eigenvalue weighted by Crippen LogP contribution is -2.46. The fourth-order valence-corrected chi connectivity index (χ4v) is 3.70. The minimum Gasteiger partial charge on any atom is -0.508 e. The second kappa shape index (κ2) is 11.2. The maximum atomic E-state index is 12.6. The van der Waals surface area contributed by atoms with Crippen molar-refractivity contribution in [2.75, 3.05) is 26.2 Å². The number of hydrogen-bond acceptors (Lipinski definition) is 4. The molecule has 0 aromatic heterocycles. The van der Waals surface area contributed by atoms with Crippen molar-refractivity contribution in [1.82, 2.24) is 15.5 Å². The minimum absolute atomic E-state index is 0.0449. The first-order valence-electron chi connectivity index (χ1n) is 10.7. The van der Waals surface area contributed by atoms with Gasteiger partial charge in [0.25, 0.3) is 5.91 Å². The Morgan fingerprint density at radius 1 is 1.00 bits per heavy atom. The van der Waals surface area contributed by atoms with Crippen LogP contribution in [0.1, 0.15) is 35.2 Å². The molecule has 0 saturated carbocycles. The monoisotopic (exact) mass is 423 g/mol. The van der Waals surface area contributed by atoms with E-state index in [2.05, 4.69) is 10.6 Å². The maximum absolute atomic E-state index is 12.6. The molecule has 3 N–H and O–H groups in total. The van der Waals surface area contributed by atoms with Crippen LogP contribution in [0.2, 0.25) is 0 Å². The van der Waals surface area contributed by atoms with E-state index in [0.29, 0.717) is 44.6 Å². The molecule has 0 aliphatic carbocycles. The van der Waals surface area contributed by atoms with Crippen LogP contribution in [0, 0.1) is 5.92 Å². The molecule has 0 bridgehead atoms. The summed E-state index contributed by atoms with van der Waals surface area (Å²) >= 11 is 0. The summed E-state index contributed by atoms with van der Waals surface area (Å²) in [6, 6.07) is 15.8. The zero-order chi connectivity index (χ0) is 22.1. The molecule has 1 aliphatic heterocycles. The van der Waals surface area contributed by atoms with E-state index in [0.717, 1.165) is 18.4 Å². The van der Waals surface area contributed by atoms with E-state index in [4.69, 9.17) is 0 Å². The maximum Gasteiger partial charge on any atom is 0.251 e. The molecule has 1 aliphatic rings. The lowest BCUT2D eigenvalue weighted by molar-refractivity contribution is -0.135. The van der Waals surface area contributed by atoms with E-state index in [1.54, 1.807) is 17.0 Å². The summed E-state index contributed by atoms with van der Waals surface area (Å²) in [5.41, 5.74) is 1.37. The van der Waals surface area contributed by atoms with Gasteiger partial charge in [0.2, 0.25) is 11.8 Å². The normalized spacial score (nSPS) is 15.9. The summed E-state index contributed by atoms with van der Waals surface area (Å²) in [5, 5.41) is 15.1. The van der Waals surface area contributed by atoms with Crippen LogP contribution in [0.4, 0.5) is 0 Å². The Morgan fingerprint density at radius 2 is 1.77 bits per heavy atom.